The Balaban J connectivity index is 1.66. The molecule has 7 nitrogen and oxygen atoms in total. The van der Waals surface area contributed by atoms with Crippen LogP contribution in [0.4, 0.5) is 0 Å². The zero-order chi connectivity index (χ0) is 21.1. The zero-order valence-electron chi connectivity index (χ0n) is 15.5. The first-order valence-electron chi connectivity index (χ1n) is 8.87. The second-order valence-electron chi connectivity index (χ2n) is 6.32. The third-order valence-electron chi connectivity index (χ3n) is 4.34. The average molecular weight is 440 g/mol. The van der Waals surface area contributed by atoms with Crippen molar-refractivity contribution in [3.63, 3.8) is 0 Å². The van der Waals surface area contributed by atoms with E-state index in [4.69, 9.17) is 11.6 Å². The Morgan fingerprint density at radius 3 is 2.47 bits per heavy atom. The van der Waals surface area contributed by atoms with Crippen LogP contribution in [0.3, 0.4) is 0 Å². The molecule has 0 aliphatic carbocycles. The number of phenols is 2. The van der Waals surface area contributed by atoms with E-state index in [9.17, 15) is 15.0 Å². The number of H-pyrrole nitrogens is 1. The molecule has 30 heavy (non-hydrogen) atoms. The van der Waals surface area contributed by atoms with E-state index in [1.54, 1.807) is 24.5 Å². The molecule has 2 heterocycles. The number of Topliss-reactive ketones (excluding diaryl/α,β-unsaturated/α-hetero) is 1. The van der Waals surface area contributed by atoms with Gasteiger partial charge in [-0.15, -0.1) is 5.10 Å². The standard InChI is InChI=1S/C21H15ClN4O3S/c22-15-2-4-16(5-3-15)26-20(13-7-9-23-10-8-13)24-25-21(26)30-12-19(29)14-1-6-17(27)18(28)11-14/h1-11H,12H2,(H2,23,24,27,28,29)/p+1. The molecule has 2 aromatic carbocycles. The van der Waals surface area contributed by atoms with Crippen molar-refractivity contribution in [3.05, 3.63) is 77.6 Å². The summed E-state index contributed by atoms with van der Waals surface area (Å²) >= 11 is 7.29. The molecule has 0 amide bonds. The van der Waals surface area contributed by atoms with Crippen LogP contribution in [0.25, 0.3) is 17.1 Å². The first kappa shape index (κ1) is 19.9. The van der Waals surface area contributed by atoms with E-state index in [-0.39, 0.29) is 23.0 Å². The minimum absolute atomic E-state index is 0.0957. The highest BCUT2D eigenvalue weighted by molar-refractivity contribution is 7.99. The van der Waals surface area contributed by atoms with Crippen molar-refractivity contribution in [2.75, 3.05) is 5.75 Å². The summed E-state index contributed by atoms with van der Waals surface area (Å²) in [6.45, 7) is 0. The van der Waals surface area contributed by atoms with Gasteiger partial charge >= 0.3 is 5.16 Å². The number of thioether (sulfide) groups is 1. The van der Waals surface area contributed by atoms with Gasteiger partial charge in [-0.3, -0.25) is 9.78 Å². The van der Waals surface area contributed by atoms with Gasteiger partial charge in [-0.2, -0.15) is 4.57 Å². The molecule has 0 atom stereocenters. The highest BCUT2D eigenvalue weighted by Crippen LogP contribution is 2.26. The normalized spacial score (nSPS) is 10.8. The lowest BCUT2D eigenvalue weighted by Crippen LogP contribution is -2.34. The summed E-state index contributed by atoms with van der Waals surface area (Å²) in [6, 6.07) is 15.0. The van der Waals surface area contributed by atoms with Gasteiger partial charge in [0.15, 0.2) is 17.3 Å². The van der Waals surface area contributed by atoms with Gasteiger partial charge in [-0.1, -0.05) is 11.6 Å². The van der Waals surface area contributed by atoms with Crippen LogP contribution in [0, 0.1) is 0 Å². The Morgan fingerprint density at radius 1 is 1.03 bits per heavy atom. The predicted octanol–water partition coefficient (Wildman–Crippen LogP) is 3.79. The molecule has 0 radical (unpaired) electrons. The third-order valence-corrected chi connectivity index (χ3v) is 5.53. The summed E-state index contributed by atoms with van der Waals surface area (Å²) in [6.07, 6.45) is 3.38. The van der Waals surface area contributed by atoms with Gasteiger partial charge in [0, 0.05) is 23.0 Å². The number of ketones is 1. The Labute approximate surface area is 181 Å². The number of hydrogen-bond acceptors (Lipinski definition) is 6. The Morgan fingerprint density at radius 2 is 1.77 bits per heavy atom. The predicted molar refractivity (Wildman–Crippen MR) is 113 cm³/mol. The number of hydrogen-bond donors (Lipinski definition) is 3. The Kier molecular flexibility index (Phi) is 5.69. The number of halogens is 1. The molecule has 0 fully saturated rings. The van der Waals surface area contributed by atoms with Gasteiger partial charge in [-0.25, -0.2) is 0 Å². The van der Waals surface area contributed by atoms with E-state index in [1.807, 2.05) is 28.8 Å². The summed E-state index contributed by atoms with van der Waals surface area (Å²) < 4.78 is 1.90. The number of rotatable bonds is 6. The first-order valence-corrected chi connectivity index (χ1v) is 10.2. The first-order chi connectivity index (χ1) is 14.5. The molecule has 3 N–H and O–H groups in total. The fraction of sp³-hybridized carbons (Fsp3) is 0.0476. The van der Waals surface area contributed by atoms with Gasteiger partial charge in [0.2, 0.25) is 0 Å². The highest BCUT2D eigenvalue weighted by atomic mass is 35.5. The van der Waals surface area contributed by atoms with Crippen molar-refractivity contribution in [2.24, 2.45) is 0 Å². The van der Waals surface area contributed by atoms with Crippen LogP contribution in [-0.2, 0) is 0 Å². The number of benzene rings is 2. The number of nitrogens with one attached hydrogen (secondary N) is 1. The maximum Gasteiger partial charge on any atom is 0.342 e. The summed E-state index contributed by atoms with van der Waals surface area (Å²) in [5.41, 5.74) is 2.02. The second kappa shape index (κ2) is 8.56. The van der Waals surface area contributed by atoms with Gasteiger partial charge in [0.05, 0.1) is 16.4 Å². The third kappa shape index (κ3) is 4.14. The van der Waals surface area contributed by atoms with Crippen LogP contribution in [0.5, 0.6) is 11.5 Å². The molecule has 4 aromatic rings. The molecule has 0 saturated heterocycles. The lowest BCUT2D eigenvalue weighted by Gasteiger charge is -2.05. The summed E-state index contributed by atoms with van der Waals surface area (Å²) in [5.74, 6) is 0.0256. The molecule has 4 rings (SSSR count). The van der Waals surface area contributed by atoms with Crippen LogP contribution >= 0.6 is 23.4 Å². The molecule has 0 bridgehead atoms. The quantitative estimate of drug-likeness (QED) is 0.183. The van der Waals surface area contributed by atoms with Crippen molar-refractivity contribution in [3.8, 4) is 28.6 Å². The van der Waals surface area contributed by atoms with Gasteiger partial charge in [0.25, 0.3) is 5.82 Å². The Bertz CT molecular complexity index is 1200. The Hall–Kier alpha value is -3.36. The zero-order valence-corrected chi connectivity index (χ0v) is 17.1. The van der Waals surface area contributed by atoms with E-state index < -0.39 is 0 Å². The van der Waals surface area contributed by atoms with Gasteiger partial charge in [-0.05, 0) is 66.4 Å². The van der Waals surface area contributed by atoms with E-state index in [2.05, 4.69) is 15.2 Å². The lowest BCUT2D eigenvalue weighted by molar-refractivity contribution is -0.625. The number of aromatic amines is 1. The van der Waals surface area contributed by atoms with Crippen molar-refractivity contribution in [1.82, 2.24) is 15.2 Å². The molecule has 9 heteroatoms. The van der Waals surface area contributed by atoms with Crippen LogP contribution in [0.1, 0.15) is 10.4 Å². The fourth-order valence-electron chi connectivity index (χ4n) is 2.84. The number of pyridine rings is 1. The molecule has 2 aromatic heterocycles. The molecule has 150 valence electrons. The number of aromatic nitrogens is 4. The number of carbonyl (C=O) groups excluding carboxylic acids is 1. The van der Waals surface area contributed by atoms with E-state index in [1.165, 1.54) is 30.0 Å². The number of phenolic OH excluding ortho intramolecular Hbond substituents is 2. The average Bonchev–Trinajstić information content (AvgIpc) is 3.19. The van der Waals surface area contributed by atoms with Crippen molar-refractivity contribution >= 4 is 29.1 Å². The lowest BCUT2D eigenvalue weighted by atomic mass is 10.1. The van der Waals surface area contributed by atoms with E-state index >= 15 is 0 Å². The largest absolute Gasteiger partial charge is 0.504 e. The molecule has 0 aliphatic heterocycles. The number of carbonyl (C=O) groups is 1. The smallest absolute Gasteiger partial charge is 0.342 e. The molecular formula is C21H16ClN4O3S+. The van der Waals surface area contributed by atoms with Crippen LogP contribution < -0.4 is 4.57 Å². The van der Waals surface area contributed by atoms with Gasteiger partial charge < -0.3 is 10.2 Å². The second-order valence-corrected chi connectivity index (χ2v) is 7.70. The maximum atomic E-state index is 12.6. The number of nitrogens with zero attached hydrogens (tertiary/aromatic N) is 3. The van der Waals surface area contributed by atoms with E-state index in [0.717, 1.165) is 17.1 Å². The monoisotopic (exact) mass is 439 g/mol. The summed E-state index contributed by atoms with van der Waals surface area (Å²) in [5, 5.41) is 27.7. The number of aromatic hydroxyl groups is 2. The topological polar surface area (TPSA) is 103 Å². The molecule has 0 saturated carbocycles. The minimum Gasteiger partial charge on any atom is -0.504 e. The van der Waals surface area contributed by atoms with Crippen molar-refractivity contribution < 1.29 is 19.6 Å². The summed E-state index contributed by atoms with van der Waals surface area (Å²) in [4.78, 5) is 16.6. The van der Waals surface area contributed by atoms with Crippen LogP contribution in [0.15, 0.2) is 72.1 Å². The highest BCUT2D eigenvalue weighted by Gasteiger charge is 2.25. The summed E-state index contributed by atoms with van der Waals surface area (Å²) in [7, 11) is 0. The van der Waals surface area contributed by atoms with Crippen molar-refractivity contribution in [2.45, 2.75) is 5.16 Å². The maximum absolute atomic E-state index is 12.6. The fourth-order valence-corrected chi connectivity index (χ4v) is 3.83. The SMILES string of the molecule is O=C(CSc1n[nH]c(-c2ccncc2)[n+]1-c1ccc(Cl)cc1)c1ccc(O)c(O)c1. The molecule has 0 spiro atoms. The molecular weight excluding hydrogens is 424 g/mol. The molecule has 0 aliphatic rings. The van der Waals surface area contributed by atoms with E-state index in [0.29, 0.717) is 15.7 Å². The van der Waals surface area contributed by atoms with Crippen LogP contribution in [0.2, 0.25) is 5.02 Å². The minimum atomic E-state index is -0.332. The molecule has 0 unspecified atom stereocenters. The van der Waals surface area contributed by atoms with Crippen LogP contribution in [-0.4, -0.2) is 36.9 Å². The van der Waals surface area contributed by atoms with Crippen molar-refractivity contribution in [1.29, 1.82) is 0 Å². The van der Waals surface area contributed by atoms with Gasteiger partial charge in [0.1, 0.15) is 5.69 Å².